The number of rotatable bonds is 4. The third kappa shape index (κ3) is 3.41. The molecule has 7 heteroatoms. The summed E-state index contributed by atoms with van der Waals surface area (Å²) in [5, 5.41) is 6.36. The van der Waals surface area contributed by atoms with Crippen molar-refractivity contribution >= 4 is 22.5 Å². The highest BCUT2D eigenvalue weighted by molar-refractivity contribution is 6.07. The number of pyridine rings is 1. The Morgan fingerprint density at radius 3 is 2.48 bits per heavy atom. The van der Waals surface area contributed by atoms with E-state index in [-0.39, 0.29) is 28.9 Å². The molecular formula is C18H20F3N3O. The third-order valence-electron chi connectivity index (χ3n) is 4.37. The van der Waals surface area contributed by atoms with Crippen molar-refractivity contribution in [3.8, 4) is 0 Å². The predicted octanol–water partition coefficient (Wildman–Crippen LogP) is 4.31. The molecule has 0 radical (unpaired) electrons. The molecule has 0 atom stereocenters. The average Bonchev–Trinajstić information content (AvgIpc) is 3.35. The maximum Gasteiger partial charge on any atom is 0.416 e. The van der Waals surface area contributed by atoms with Gasteiger partial charge >= 0.3 is 6.18 Å². The summed E-state index contributed by atoms with van der Waals surface area (Å²) in [6.45, 7) is 3.43. The molecule has 1 heterocycles. The molecule has 1 aromatic heterocycles. The van der Waals surface area contributed by atoms with Gasteiger partial charge in [-0.15, -0.1) is 0 Å². The maximum atomic E-state index is 13.4. The number of benzene rings is 1. The summed E-state index contributed by atoms with van der Waals surface area (Å²) in [6.07, 6.45) is -1.21. The van der Waals surface area contributed by atoms with Crippen LogP contribution in [-0.2, 0) is 6.18 Å². The summed E-state index contributed by atoms with van der Waals surface area (Å²) < 4.78 is 40.1. The van der Waals surface area contributed by atoms with Gasteiger partial charge in [-0.05, 0) is 36.5 Å². The monoisotopic (exact) mass is 351 g/mol. The average molecular weight is 351 g/mol. The van der Waals surface area contributed by atoms with Crippen LogP contribution in [-0.4, -0.2) is 24.0 Å². The van der Waals surface area contributed by atoms with Gasteiger partial charge in [0, 0.05) is 24.7 Å². The second-order valence-corrected chi connectivity index (χ2v) is 6.65. The van der Waals surface area contributed by atoms with Gasteiger partial charge in [0.1, 0.15) is 0 Å². The van der Waals surface area contributed by atoms with Crippen LogP contribution in [0.4, 0.5) is 18.9 Å². The SMILES string of the molecule is CNc1c(C(=O)NC2CC2)cnc2cc(C(F)(F)F)c(C(C)C)cc12. The quantitative estimate of drug-likeness (QED) is 0.863. The van der Waals surface area contributed by atoms with Crippen LogP contribution < -0.4 is 10.6 Å². The van der Waals surface area contributed by atoms with E-state index in [4.69, 9.17) is 0 Å². The number of amides is 1. The zero-order valence-corrected chi connectivity index (χ0v) is 14.3. The summed E-state index contributed by atoms with van der Waals surface area (Å²) >= 11 is 0. The number of hydrogen-bond acceptors (Lipinski definition) is 3. The summed E-state index contributed by atoms with van der Waals surface area (Å²) in [6, 6.07) is 2.75. The minimum atomic E-state index is -4.45. The van der Waals surface area contributed by atoms with Crippen molar-refractivity contribution in [3.05, 3.63) is 35.0 Å². The third-order valence-corrected chi connectivity index (χ3v) is 4.37. The number of alkyl halides is 3. The first-order valence-corrected chi connectivity index (χ1v) is 8.24. The Bertz CT molecular complexity index is 826. The van der Waals surface area contributed by atoms with Crippen LogP contribution in [0.2, 0.25) is 0 Å². The van der Waals surface area contributed by atoms with Crippen molar-refractivity contribution in [1.29, 1.82) is 0 Å². The lowest BCUT2D eigenvalue weighted by molar-refractivity contribution is -0.138. The molecule has 134 valence electrons. The van der Waals surface area contributed by atoms with E-state index >= 15 is 0 Å². The molecule has 0 saturated heterocycles. The first-order valence-electron chi connectivity index (χ1n) is 8.24. The van der Waals surface area contributed by atoms with E-state index in [2.05, 4.69) is 15.6 Å². The molecular weight excluding hydrogens is 331 g/mol. The van der Waals surface area contributed by atoms with Crippen molar-refractivity contribution in [2.75, 3.05) is 12.4 Å². The van der Waals surface area contributed by atoms with E-state index in [1.165, 1.54) is 12.3 Å². The molecule has 0 spiro atoms. The number of nitrogens with zero attached hydrogens (tertiary/aromatic N) is 1. The van der Waals surface area contributed by atoms with Gasteiger partial charge in [0.25, 0.3) is 5.91 Å². The molecule has 1 amide bonds. The Balaban J connectivity index is 2.19. The molecule has 1 fully saturated rings. The van der Waals surface area contributed by atoms with Gasteiger partial charge in [0.2, 0.25) is 0 Å². The molecule has 1 saturated carbocycles. The molecule has 0 bridgehead atoms. The smallest absolute Gasteiger partial charge is 0.387 e. The zero-order valence-electron chi connectivity index (χ0n) is 14.3. The Hall–Kier alpha value is -2.31. The summed E-state index contributed by atoms with van der Waals surface area (Å²) in [5.41, 5.74) is 0.567. The van der Waals surface area contributed by atoms with Gasteiger partial charge in [-0.1, -0.05) is 13.8 Å². The molecule has 1 aliphatic carbocycles. The van der Waals surface area contributed by atoms with Gasteiger partial charge in [-0.2, -0.15) is 13.2 Å². The van der Waals surface area contributed by atoms with E-state index in [0.717, 1.165) is 18.9 Å². The summed E-state index contributed by atoms with van der Waals surface area (Å²) in [7, 11) is 1.65. The molecule has 3 rings (SSSR count). The van der Waals surface area contributed by atoms with Crippen LogP contribution in [0.1, 0.15) is 54.1 Å². The topological polar surface area (TPSA) is 54.0 Å². The van der Waals surface area contributed by atoms with Crippen molar-refractivity contribution in [1.82, 2.24) is 10.3 Å². The fourth-order valence-corrected chi connectivity index (χ4v) is 2.91. The summed E-state index contributed by atoms with van der Waals surface area (Å²) in [4.78, 5) is 16.5. The molecule has 1 aliphatic rings. The molecule has 25 heavy (non-hydrogen) atoms. The van der Waals surface area contributed by atoms with Crippen LogP contribution in [0.3, 0.4) is 0 Å². The van der Waals surface area contributed by atoms with Crippen LogP contribution in [0, 0.1) is 0 Å². The van der Waals surface area contributed by atoms with Crippen LogP contribution in [0.5, 0.6) is 0 Å². The van der Waals surface area contributed by atoms with Crippen molar-refractivity contribution in [2.24, 2.45) is 0 Å². The zero-order chi connectivity index (χ0) is 18.4. The minimum absolute atomic E-state index is 0.187. The van der Waals surface area contributed by atoms with Crippen LogP contribution >= 0.6 is 0 Å². The number of carbonyl (C=O) groups is 1. The van der Waals surface area contributed by atoms with Crippen LogP contribution in [0.25, 0.3) is 10.9 Å². The van der Waals surface area contributed by atoms with Gasteiger partial charge in [0.15, 0.2) is 0 Å². The molecule has 2 aromatic rings. The van der Waals surface area contributed by atoms with Gasteiger partial charge < -0.3 is 10.6 Å². The normalized spacial score (nSPS) is 14.8. The van der Waals surface area contributed by atoms with Gasteiger partial charge in [0.05, 0.1) is 22.3 Å². The van der Waals surface area contributed by atoms with E-state index in [9.17, 15) is 18.0 Å². The van der Waals surface area contributed by atoms with Crippen molar-refractivity contribution < 1.29 is 18.0 Å². The number of halogens is 3. The molecule has 0 aliphatic heterocycles. The summed E-state index contributed by atoms with van der Waals surface area (Å²) in [5.74, 6) is -0.568. The second-order valence-electron chi connectivity index (χ2n) is 6.65. The first kappa shape index (κ1) is 17.5. The highest BCUT2D eigenvalue weighted by Gasteiger charge is 2.35. The van der Waals surface area contributed by atoms with E-state index in [0.29, 0.717) is 16.6 Å². The van der Waals surface area contributed by atoms with Gasteiger partial charge in [-0.25, -0.2) is 0 Å². The van der Waals surface area contributed by atoms with E-state index in [1.54, 1.807) is 20.9 Å². The number of nitrogens with one attached hydrogen (secondary N) is 2. The van der Waals surface area contributed by atoms with Crippen molar-refractivity contribution in [3.63, 3.8) is 0 Å². The molecule has 4 nitrogen and oxygen atoms in total. The van der Waals surface area contributed by atoms with Crippen LogP contribution in [0.15, 0.2) is 18.3 Å². The second kappa shape index (κ2) is 6.20. The minimum Gasteiger partial charge on any atom is -0.387 e. The lowest BCUT2D eigenvalue weighted by atomic mass is 9.93. The van der Waals surface area contributed by atoms with Crippen molar-refractivity contribution in [2.45, 2.75) is 44.8 Å². The van der Waals surface area contributed by atoms with E-state index < -0.39 is 11.7 Å². The Morgan fingerprint density at radius 2 is 1.96 bits per heavy atom. The Kier molecular flexibility index (Phi) is 4.34. The molecule has 2 N–H and O–H groups in total. The number of anilines is 1. The Labute approximate surface area is 143 Å². The number of fused-ring (bicyclic) bond motifs is 1. The number of aromatic nitrogens is 1. The Morgan fingerprint density at radius 1 is 1.28 bits per heavy atom. The molecule has 0 unspecified atom stereocenters. The molecule has 1 aromatic carbocycles. The lowest BCUT2D eigenvalue weighted by Crippen LogP contribution is -2.26. The fraction of sp³-hybridized carbons (Fsp3) is 0.444. The standard InChI is InChI=1S/C18H20F3N3O/c1-9(2)11-6-12-15(7-14(11)18(19,20)21)23-8-13(16(12)22-3)17(25)24-10-4-5-10/h6-10H,4-5H2,1-3H3,(H,22,23)(H,24,25). The van der Waals surface area contributed by atoms with E-state index in [1.807, 2.05) is 0 Å². The number of hydrogen-bond donors (Lipinski definition) is 2. The first-order chi connectivity index (χ1) is 11.7. The lowest BCUT2D eigenvalue weighted by Gasteiger charge is -2.19. The highest BCUT2D eigenvalue weighted by Crippen LogP contribution is 2.39. The highest BCUT2D eigenvalue weighted by atomic mass is 19.4. The largest absolute Gasteiger partial charge is 0.416 e. The predicted molar refractivity (Wildman–Crippen MR) is 90.9 cm³/mol. The van der Waals surface area contributed by atoms with Gasteiger partial charge in [-0.3, -0.25) is 9.78 Å². The fourth-order valence-electron chi connectivity index (χ4n) is 2.91. The maximum absolute atomic E-state index is 13.4. The number of carbonyl (C=O) groups excluding carboxylic acids is 1.